The van der Waals surface area contributed by atoms with Gasteiger partial charge in [0.25, 0.3) is 11.8 Å². The van der Waals surface area contributed by atoms with Crippen molar-refractivity contribution in [3.05, 3.63) is 84.0 Å². The van der Waals surface area contributed by atoms with Gasteiger partial charge in [0.05, 0.1) is 11.4 Å². The Balaban J connectivity index is 1.02. The van der Waals surface area contributed by atoms with Gasteiger partial charge in [-0.25, -0.2) is 9.59 Å². The Kier molecular flexibility index (Phi) is 5.93. The first-order chi connectivity index (χ1) is 18.8. The fourth-order valence-corrected chi connectivity index (χ4v) is 6.32. The molecule has 0 saturated carbocycles. The third-order valence-corrected chi connectivity index (χ3v) is 8.24. The predicted molar refractivity (Wildman–Crippen MR) is 144 cm³/mol. The van der Waals surface area contributed by atoms with Crippen LogP contribution in [0.3, 0.4) is 0 Å². The molecule has 0 aromatic heterocycles. The van der Waals surface area contributed by atoms with Gasteiger partial charge in [-0.05, 0) is 25.0 Å². The summed E-state index contributed by atoms with van der Waals surface area (Å²) in [5, 5.41) is 0. The molecule has 0 radical (unpaired) electrons. The average Bonchev–Trinajstić information content (AvgIpc) is 3.56. The number of benzene rings is 2. The molecule has 39 heavy (non-hydrogen) atoms. The van der Waals surface area contributed by atoms with Crippen LogP contribution in [0.2, 0.25) is 0 Å². The summed E-state index contributed by atoms with van der Waals surface area (Å²) >= 11 is 0. The maximum absolute atomic E-state index is 13.4. The molecule has 2 amide bonds. The maximum Gasteiger partial charge on any atom is 0.335 e. The molecule has 0 N–H and O–H groups in total. The van der Waals surface area contributed by atoms with Crippen LogP contribution in [0.1, 0.15) is 56.1 Å². The number of para-hydroxylation sites is 2. The summed E-state index contributed by atoms with van der Waals surface area (Å²) < 4.78 is 11.2. The van der Waals surface area contributed by atoms with E-state index in [-0.39, 0.29) is 24.7 Å². The number of ether oxygens (including phenoxy) is 2. The van der Waals surface area contributed by atoms with E-state index in [1.165, 1.54) is 0 Å². The minimum Gasteiger partial charge on any atom is -0.440 e. The van der Waals surface area contributed by atoms with Crippen LogP contribution in [-0.4, -0.2) is 36.8 Å². The molecule has 0 bridgehead atoms. The van der Waals surface area contributed by atoms with E-state index in [0.29, 0.717) is 24.2 Å². The number of fused-ring (bicyclic) bond motifs is 4. The zero-order chi connectivity index (χ0) is 27.4. The molecular formula is C31H30N2O6. The van der Waals surface area contributed by atoms with Gasteiger partial charge in [0.2, 0.25) is 11.2 Å². The van der Waals surface area contributed by atoms with Crippen LogP contribution in [0.25, 0.3) is 0 Å². The van der Waals surface area contributed by atoms with Crippen LogP contribution in [0.15, 0.2) is 72.8 Å². The molecule has 200 valence electrons. The van der Waals surface area contributed by atoms with Crippen LogP contribution in [0.4, 0.5) is 11.4 Å². The van der Waals surface area contributed by atoms with Crippen molar-refractivity contribution >= 4 is 35.1 Å². The molecule has 2 atom stereocenters. The lowest BCUT2D eigenvalue weighted by Crippen LogP contribution is -2.40. The van der Waals surface area contributed by atoms with Crippen molar-refractivity contribution in [1.29, 1.82) is 0 Å². The number of amides is 2. The maximum atomic E-state index is 13.4. The minimum absolute atomic E-state index is 0.186. The van der Waals surface area contributed by atoms with E-state index in [2.05, 4.69) is 13.2 Å². The van der Waals surface area contributed by atoms with Crippen molar-refractivity contribution in [3.8, 4) is 0 Å². The second-order valence-electron chi connectivity index (χ2n) is 10.7. The normalized spacial score (nSPS) is 25.2. The number of esters is 2. The van der Waals surface area contributed by atoms with Crippen LogP contribution in [0.5, 0.6) is 0 Å². The van der Waals surface area contributed by atoms with Gasteiger partial charge in [-0.15, -0.1) is 0 Å². The number of rotatable bonds is 8. The second-order valence-corrected chi connectivity index (χ2v) is 10.7. The predicted octanol–water partition coefficient (Wildman–Crippen LogP) is 4.43. The Hall–Kier alpha value is -4.20. The number of hydrogen-bond donors (Lipinski definition) is 0. The monoisotopic (exact) mass is 526 g/mol. The summed E-state index contributed by atoms with van der Waals surface area (Å²) in [6, 6.07) is 15.0. The van der Waals surface area contributed by atoms with E-state index in [1.54, 1.807) is 9.80 Å². The molecule has 8 heteroatoms. The summed E-state index contributed by atoms with van der Waals surface area (Å²) in [5.41, 5.74) is 1.13. The van der Waals surface area contributed by atoms with E-state index in [1.807, 2.05) is 48.5 Å². The Morgan fingerprint density at radius 1 is 0.615 bits per heavy atom. The third-order valence-electron chi connectivity index (χ3n) is 8.24. The van der Waals surface area contributed by atoms with Crippen molar-refractivity contribution in [2.45, 2.75) is 56.1 Å². The molecule has 2 aromatic carbocycles. The quantitative estimate of drug-likeness (QED) is 0.287. The first-order valence-electron chi connectivity index (χ1n) is 13.4. The molecule has 2 unspecified atom stereocenters. The zero-order valence-corrected chi connectivity index (χ0v) is 21.7. The number of carbonyl (C=O) groups excluding carboxylic acids is 4. The van der Waals surface area contributed by atoms with Crippen molar-refractivity contribution in [1.82, 2.24) is 0 Å². The van der Waals surface area contributed by atoms with Crippen molar-refractivity contribution in [3.63, 3.8) is 0 Å². The number of carbonyl (C=O) groups is 4. The van der Waals surface area contributed by atoms with E-state index >= 15 is 0 Å². The van der Waals surface area contributed by atoms with Crippen molar-refractivity contribution in [2.24, 2.45) is 0 Å². The number of nitrogens with zero attached hydrogens (tertiary/aromatic N) is 2. The van der Waals surface area contributed by atoms with Gasteiger partial charge in [-0.3, -0.25) is 9.59 Å². The highest BCUT2D eigenvalue weighted by atomic mass is 16.6. The first kappa shape index (κ1) is 25.1. The largest absolute Gasteiger partial charge is 0.440 e. The van der Waals surface area contributed by atoms with Crippen LogP contribution >= 0.6 is 0 Å². The molecule has 2 aromatic rings. The molecule has 4 aliphatic heterocycles. The highest BCUT2D eigenvalue weighted by molar-refractivity contribution is 6.12. The fraction of sp³-hybridized carbons (Fsp3) is 0.355. The number of unbranched alkanes of at least 4 members (excludes halogenated alkanes) is 4. The topological polar surface area (TPSA) is 93.2 Å². The van der Waals surface area contributed by atoms with E-state index in [0.717, 1.165) is 54.6 Å². The Morgan fingerprint density at radius 2 is 1.00 bits per heavy atom. The van der Waals surface area contributed by atoms with Crippen molar-refractivity contribution in [2.75, 3.05) is 22.9 Å². The van der Waals surface area contributed by atoms with E-state index in [4.69, 9.17) is 9.47 Å². The summed E-state index contributed by atoms with van der Waals surface area (Å²) in [7, 11) is 0. The molecule has 4 heterocycles. The third kappa shape index (κ3) is 3.72. The Morgan fingerprint density at radius 3 is 1.38 bits per heavy atom. The summed E-state index contributed by atoms with van der Waals surface area (Å²) in [5.74, 6) is -1.43. The molecule has 2 saturated heterocycles. The summed E-state index contributed by atoms with van der Waals surface area (Å²) in [6.45, 7) is 8.61. The molecule has 2 fully saturated rings. The Bertz CT molecular complexity index is 1300. The number of anilines is 2. The van der Waals surface area contributed by atoms with Gasteiger partial charge in [-0.2, -0.15) is 0 Å². The average molecular weight is 527 g/mol. The summed E-state index contributed by atoms with van der Waals surface area (Å²) in [4.78, 5) is 54.5. The summed E-state index contributed by atoms with van der Waals surface area (Å²) in [6.07, 6.45) is 4.75. The smallest absolute Gasteiger partial charge is 0.335 e. The Labute approximate surface area is 226 Å². The lowest BCUT2D eigenvalue weighted by molar-refractivity contribution is -0.156. The van der Waals surface area contributed by atoms with Gasteiger partial charge in [-0.1, -0.05) is 68.8 Å². The first-order valence-corrected chi connectivity index (χ1v) is 13.4. The molecule has 0 aliphatic carbocycles. The van der Waals surface area contributed by atoms with Crippen LogP contribution in [-0.2, 0) is 39.9 Å². The lowest BCUT2D eigenvalue weighted by atomic mass is 9.91. The van der Waals surface area contributed by atoms with E-state index < -0.39 is 23.1 Å². The second kappa shape index (κ2) is 9.22. The molecule has 2 spiro atoms. The van der Waals surface area contributed by atoms with Gasteiger partial charge in [0.1, 0.15) is 0 Å². The molecule has 8 nitrogen and oxygen atoms in total. The van der Waals surface area contributed by atoms with E-state index in [9.17, 15) is 19.2 Å². The molecule has 4 aliphatic rings. The fourth-order valence-electron chi connectivity index (χ4n) is 6.32. The standard InChI is InChI=1S/C31H30N2O6/c1-20-18-30(38-26(20)34)22-12-6-8-14-24(22)32(28(30)36)16-10-4-3-5-11-17-33-25-15-9-7-13-23(25)31(29(33)37)19-21(2)27(35)39-31/h6-9,12-15H,1-5,10-11,16-19H2. The van der Waals surface area contributed by atoms with Gasteiger partial charge in [0, 0.05) is 48.2 Å². The SMILES string of the molecule is C=C1CC2(OC1=O)C(=O)N(CCCCCCCN1C(=O)C3(CC(=C)C(=O)O3)c3ccccc31)c1ccccc12. The molecule has 6 rings (SSSR count). The zero-order valence-electron chi connectivity index (χ0n) is 21.7. The minimum atomic E-state index is -1.28. The number of hydrogen-bond acceptors (Lipinski definition) is 6. The molecular weight excluding hydrogens is 496 g/mol. The van der Waals surface area contributed by atoms with Gasteiger partial charge < -0.3 is 19.3 Å². The van der Waals surface area contributed by atoms with Gasteiger partial charge in [0.15, 0.2) is 0 Å². The van der Waals surface area contributed by atoms with Crippen molar-refractivity contribution < 1.29 is 28.7 Å². The highest BCUT2D eigenvalue weighted by Gasteiger charge is 2.59. The lowest BCUT2D eigenvalue weighted by Gasteiger charge is -2.22. The van der Waals surface area contributed by atoms with Crippen LogP contribution < -0.4 is 9.80 Å². The van der Waals surface area contributed by atoms with Crippen LogP contribution in [0, 0.1) is 0 Å². The highest BCUT2D eigenvalue weighted by Crippen LogP contribution is 2.51. The van der Waals surface area contributed by atoms with Gasteiger partial charge >= 0.3 is 11.9 Å².